The van der Waals surface area contributed by atoms with E-state index >= 15 is 0 Å². The van der Waals surface area contributed by atoms with E-state index in [9.17, 15) is 0 Å². The van der Waals surface area contributed by atoms with Gasteiger partial charge in [0.15, 0.2) is 0 Å². The number of rotatable bonds is 2. The normalized spacial score (nSPS) is 17.7. The van der Waals surface area contributed by atoms with Crippen molar-refractivity contribution in [2.45, 2.75) is 25.4 Å². The van der Waals surface area contributed by atoms with Crippen LogP contribution in [-0.2, 0) is 6.42 Å². The fourth-order valence-electron chi connectivity index (χ4n) is 2.92. The minimum atomic E-state index is 0.0530. The molecule has 1 aliphatic carbocycles. The van der Waals surface area contributed by atoms with Crippen LogP contribution < -0.4 is 4.74 Å². The molecule has 0 N–H and O–H groups in total. The number of hydrogen-bond acceptors (Lipinski definition) is 3. The SMILES string of the molecule is Brc1cn2ccnc2c(OC2CCCc3ccccc32)n1. The highest BCUT2D eigenvalue weighted by Crippen LogP contribution is 2.34. The summed E-state index contributed by atoms with van der Waals surface area (Å²) in [6.45, 7) is 0. The number of imidazole rings is 1. The van der Waals surface area contributed by atoms with Gasteiger partial charge in [0.25, 0.3) is 5.88 Å². The van der Waals surface area contributed by atoms with E-state index in [0.717, 1.165) is 29.5 Å². The Morgan fingerprint density at radius 3 is 3.14 bits per heavy atom. The first-order valence-corrected chi connectivity index (χ1v) is 7.84. The maximum absolute atomic E-state index is 6.21. The minimum absolute atomic E-state index is 0.0530. The molecule has 1 atom stereocenters. The van der Waals surface area contributed by atoms with Gasteiger partial charge in [0.1, 0.15) is 10.7 Å². The molecule has 1 aliphatic rings. The molecule has 4 rings (SSSR count). The maximum Gasteiger partial charge on any atom is 0.260 e. The lowest BCUT2D eigenvalue weighted by Gasteiger charge is -2.25. The Morgan fingerprint density at radius 2 is 2.19 bits per heavy atom. The number of aromatic nitrogens is 3. The monoisotopic (exact) mass is 343 g/mol. The summed E-state index contributed by atoms with van der Waals surface area (Å²) in [6.07, 6.45) is 8.86. The van der Waals surface area contributed by atoms with E-state index in [1.54, 1.807) is 6.20 Å². The van der Waals surface area contributed by atoms with Gasteiger partial charge in [-0.05, 0) is 46.3 Å². The third kappa shape index (κ3) is 2.31. The summed E-state index contributed by atoms with van der Waals surface area (Å²) in [4.78, 5) is 8.79. The van der Waals surface area contributed by atoms with Gasteiger partial charge in [0.05, 0.1) is 0 Å². The standard InChI is InChI=1S/C16H14BrN3O/c17-14-10-20-9-8-18-15(20)16(19-14)21-13-7-3-5-11-4-1-2-6-12(11)13/h1-2,4,6,8-10,13H,3,5,7H2. The lowest BCUT2D eigenvalue weighted by molar-refractivity contribution is 0.177. The van der Waals surface area contributed by atoms with E-state index in [-0.39, 0.29) is 6.10 Å². The summed E-state index contributed by atoms with van der Waals surface area (Å²) >= 11 is 3.42. The highest BCUT2D eigenvalue weighted by molar-refractivity contribution is 9.10. The molecule has 2 aromatic heterocycles. The Labute approximate surface area is 130 Å². The number of aryl methyl sites for hydroxylation is 1. The molecule has 5 heteroatoms. The van der Waals surface area contributed by atoms with Crippen molar-refractivity contribution in [2.75, 3.05) is 0 Å². The van der Waals surface area contributed by atoms with E-state index in [0.29, 0.717) is 5.88 Å². The first kappa shape index (κ1) is 12.8. The number of benzene rings is 1. The molecular formula is C16H14BrN3O. The van der Waals surface area contributed by atoms with E-state index in [2.05, 4.69) is 50.2 Å². The third-order valence-electron chi connectivity index (χ3n) is 3.88. The largest absolute Gasteiger partial charge is 0.467 e. The van der Waals surface area contributed by atoms with Crippen LogP contribution in [0.4, 0.5) is 0 Å². The molecule has 0 aliphatic heterocycles. The fourth-order valence-corrected chi connectivity index (χ4v) is 3.30. The Kier molecular flexibility index (Phi) is 3.15. The predicted octanol–water partition coefficient (Wildman–Crippen LogP) is 3.95. The molecule has 0 bridgehead atoms. The predicted molar refractivity (Wildman–Crippen MR) is 83.4 cm³/mol. The fraction of sp³-hybridized carbons (Fsp3) is 0.250. The van der Waals surface area contributed by atoms with Crippen LogP contribution in [0.2, 0.25) is 0 Å². The van der Waals surface area contributed by atoms with Gasteiger partial charge in [-0.2, -0.15) is 0 Å². The van der Waals surface area contributed by atoms with Gasteiger partial charge in [-0.15, -0.1) is 0 Å². The lowest BCUT2D eigenvalue weighted by Crippen LogP contribution is -2.16. The van der Waals surface area contributed by atoms with Crippen LogP contribution in [0.25, 0.3) is 5.65 Å². The summed E-state index contributed by atoms with van der Waals surface area (Å²) in [5, 5.41) is 0. The Morgan fingerprint density at radius 1 is 1.29 bits per heavy atom. The van der Waals surface area contributed by atoms with Crippen LogP contribution in [-0.4, -0.2) is 14.4 Å². The van der Waals surface area contributed by atoms with Crippen LogP contribution in [0.1, 0.15) is 30.1 Å². The molecule has 106 valence electrons. The summed E-state index contributed by atoms with van der Waals surface area (Å²) in [6, 6.07) is 8.50. The van der Waals surface area contributed by atoms with Crippen LogP contribution >= 0.6 is 15.9 Å². The van der Waals surface area contributed by atoms with Gasteiger partial charge in [-0.3, -0.25) is 4.40 Å². The van der Waals surface area contributed by atoms with Gasteiger partial charge in [0.2, 0.25) is 5.65 Å². The van der Waals surface area contributed by atoms with Gasteiger partial charge in [-0.1, -0.05) is 24.3 Å². The zero-order valence-electron chi connectivity index (χ0n) is 11.4. The number of fused-ring (bicyclic) bond motifs is 2. The molecular weight excluding hydrogens is 330 g/mol. The van der Waals surface area contributed by atoms with Gasteiger partial charge >= 0.3 is 0 Å². The third-order valence-corrected chi connectivity index (χ3v) is 4.26. The van der Waals surface area contributed by atoms with Crippen molar-refractivity contribution in [1.29, 1.82) is 0 Å². The Bertz CT molecular complexity index is 799. The van der Waals surface area contributed by atoms with E-state index in [4.69, 9.17) is 4.74 Å². The van der Waals surface area contributed by atoms with Crippen LogP contribution in [0.5, 0.6) is 5.88 Å². The van der Waals surface area contributed by atoms with E-state index in [1.165, 1.54) is 11.1 Å². The molecule has 3 aromatic rings. The van der Waals surface area contributed by atoms with Crippen molar-refractivity contribution in [3.05, 3.63) is 58.6 Å². The second-order valence-corrected chi connectivity index (χ2v) is 6.04. The smallest absolute Gasteiger partial charge is 0.260 e. The molecule has 0 amide bonds. The van der Waals surface area contributed by atoms with Crippen molar-refractivity contribution in [1.82, 2.24) is 14.4 Å². The lowest BCUT2D eigenvalue weighted by atomic mass is 9.89. The Hall–Kier alpha value is -1.88. The molecule has 1 unspecified atom stereocenters. The minimum Gasteiger partial charge on any atom is -0.467 e. The number of hydrogen-bond donors (Lipinski definition) is 0. The maximum atomic E-state index is 6.21. The molecule has 0 radical (unpaired) electrons. The second kappa shape index (κ2) is 5.15. The molecule has 2 heterocycles. The van der Waals surface area contributed by atoms with Gasteiger partial charge in [0, 0.05) is 18.6 Å². The molecule has 0 spiro atoms. The van der Waals surface area contributed by atoms with Crippen LogP contribution in [0, 0.1) is 0 Å². The van der Waals surface area contributed by atoms with Gasteiger partial charge < -0.3 is 4.74 Å². The molecule has 0 saturated heterocycles. The first-order valence-electron chi connectivity index (χ1n) is 7.05. The Balaban J connectivity index is 1.74. The van der Waals surface area contributed by atoms with Crippen molar-refractivity contribution < 1.29 is 4.74 Å². The molecule has 0 fully saturated rings. The number of halogens is 1. The van der Waals surface area contributed by atoms with Crippen molar-refractivity contribution >= 4 is 21.6 Å². The van der Waals surface area contributed by atoms with Crippen molar-refractivity contribution in [2.24, 2.45) is 0 Å². The van der Waals surface area contributed by atoms with Crippen LogP contribution in [0.15, 0.2) is 47.5 Å². The zero-order chi connectivity index (χ0) is 14.2. The van der Waals surface area contributed by atoms with Crippen molar-refractivity contribution in [3.8, 4) is 5.88 Å². The van der Waals surface area contributed by atoms with E-state index < -0.39 is 0 Å². The number of nitrogens with zero attached hydrogens (tertiary/aromatic N) is 3. The zero-order valence-corrected chi connectivity index (χ0v) is 13.0. The second-order valence-electron chi connectivity index (χ2n) is 5.22. The first-order chi connectivity index (χ1) is 10.3. The summed E-state index contributed by atoms with van der Waals surface area (Å²) < 4.78 is 8.87. The average Bonchev–Trinajstić information content (AvgIpc) is 2.96. The quantitative estimate of drug-likeness (QED) is 0.707. The van der Waals surface area contributed by atoms with Gasteiger partial charge in [-0.25, -0.2) is 9.97 Å². The molecule has 21 heavy (non-hydrogen) atoms. The molecule has 1 aromatic carbocycles. The summed E-state index contributed by atoms with van der Waals surface area (Å²) in [5.74, 6) is 0.580. The summed E-state index contributed by atoms with van der Waals surface area (Å²) in [7, 11) is 0. The molecule has 0 saturated carbocycles. The average molecular weight is 344 g/mol. The summed E-state index contributed by atoms with van der Waals surface area (Å²) in [5.41, 5.74) is 3.40. The topological polar surface area (TPSA) is 39.4 Å². The van der Waals surface area contributed by atoms with E-state index in [1.807, 2.05) is 16.8 Å². The van der Waals surface area contributed by atoms with Crippen LogP contribution in [0.3, 0.4) is 0 Å². The highest BCUT2D eigenvalue weighted by Gasteiger charge is 2.23. The number of ether oxygens (including phenoxy) is 1. The van der Waals surface area contributed by atoms with Crippen molar-refractivity contribution in [3.63, 3.8) is 0 Å². The molecule has 4 nitrogen and oxygen atoms in total. The highest BCUT2D eigenvalue weighted by atomic mass is 79.9.